The number of nitrogens with zero attached hydrogens (tertiary/aromatic N) is 3. The minimum Gasteiger partial charge on any atom is -0.465 e. The average molecular weight is 363 g/mol. The van der Waals surface area contributed by atoms with Crippen molar-refractivity contribution in [1.29, 1.82) is 0 Å². The van der Waals surface area contributed by atoms with E-state index in [-0.39, 0.29) is 11.7 Å². The van der Waals surface area contributed by atoms with Crippen molar-refractivity contribution in [1.82, 2.24) is 4.90 Å². The summed E-state index contributed by atoms with van der Waals surface area (Å²) >= 11 is 0. The highest BCUT2D eigenvalue weighted by Gasteiger charge is 2.64. The summed E-state index contributed by atoms with van der Waals surface area (Å²) in [5.74, 6) is -1.64. The molecular weight excluding hydrogens is 347 g/mol. The van der Waals surface area contributed by atoms with Crippen LogP contribution in [0.1, 0.15) is 18.1 Å². The summed E-state index contributed by atoms with van der Waals surface area (Å²) in [7, 11) is 0.880. The molecule has 5 nitrogen and oxygen atoms in total. The number of hydrogen-bond acceptors (Lipinski definition) is 5. The van der Waals surface area contributed by atoms with Gasteiger partial charge in [0.2, 0.25) is 0 Å². The Bertz CT molecular complexity index is 867. The maximum Gasteiger partial charge on any atom is 0.445 e. The van der Waals surface area contributed by atoms with Crippen molar-refractivity contribution in [2.75, 3.05) is 7.11 Å². The first-order chi connectivity index (χ1) is 12.2. The lowest BCUT2D eigenvalue weighted by Crippen LogP contribution is -2.55. The number of allylic oxidation sites excluding steroid dienone is 2. The van der Waals surface area contributed by atoms with Crippen LogP contribution in [0.15, 0.2) is 58.2 Å². The molecule has 1 aromatic rings. The van der Waals surface area contributed by atoms with E-state index >= 15 is 0 Å². The number of esters is 1. The van der Waals surface area contributed by atoms with Gasteiger partial charge >= 0.3 is 17.8 Å². The van der Waals surface area contributed by atoms with Crippen molar-refractivity contribution in [3.8, 4) is 0 Å². The number of aryl methyl sites for hydroxylation is 1. The Labute approximate surface area is 148 Å². The van der Waals surface area contributed by atoms with E-state index in [4.69, 9.17) is 0 Å². The van der Waals surface area contributed by atoms with Gasteiger partial charge < -0.3 is 4.74 Å². The largest absolute Gasteiger partial charge is 0.465 e. The zero-order valence-corrected chi connectivity index (χ0v) is 14.3. The molecule has 0 bridgehead atoms. The normalized spacial score (nSPS) is 22.2. The first-order valence-corrected chi connectivity index (χ1v) is 7.75. The van der Waals surface area contributed by atoms with E-state index in [1.165, 1.54) is 11.0 Å². The molecule has 1 unspecified atom stereocenters. The number of aliphatic imine (C=N–C) groups is 2. The van der Waals surface area contributed by atoms with Crippen LogP contribution in [0, 0.1) is 6.92 Å². The van der Waals surface area contributed by atoms with E-state index in [1.54, 1.807) is 43.5 Å². The van der Waals surface area contributed by atoms with Gasteiger partial charge in [-0.1, -0.05) is 29.8 Å². The predicted molar refractivity (Wildman–Crippen MR) is 90.7 cm³/mol. The summed E-state index contributed by atoms with van der Waals surface area (Å²) in [4.78, 5) is 20.9. The predicted octanol–water partition coefficient (Wildman–Crippen LogP) is 3.36. The Morgan fingerprint density at radius 1 is 1.15 bits per heavy atom. The van der Waals surface area contributed by atoms with Crippen LogP contribution in [-0.2, 0) is 9.53 Å². The second kappa shape index (κ2) is 6.12. The SMILES string of the molecule is COC(=O)C1(C(F)(F)F)N=C2C=C(C)C=CN2C(c2ccc(C)cc2)=N1. The van der Waals surface area contributed by atoms with Crippen LogP contribution in [0.4, 0.5) is 13.2 Å². The highest BCUT2D eigenvalue weighted by atomic mass is 19.4. The van der Waals surface area contributed by atoms with Gasteiger partial charge in [-0.05, 0) is 31.6 Å². The van der Waals surface area contributed by atoms with Gasteiger partial charge in [0, 0.05) is 11.8 Å². The standard InChI is InChI=1S/C18H16F3N3O2/c1-11-4-6-13(7-5-11)15-23-17(16(25)26-3,18(19,20)21)22-14-10-12(2)8-9-24(14)15/h4-10H,1-3H3. The molecule has 0 aromatic heterocycles. The quantitative estimate of drug-likeness (QED) is 0.757. The molecule has 2 aliphatic heterocycles. The van der Waals surface area contributed by atoms with Crippen molar-refractivity contribution >= 4 is 17.6 Å². The Hall–Kier alpha value is -2.90. The summed E-state index contributed by atoms with van der Waals surface area (Å²) in [5.41, 5.74) is -1.27. The van der Waals surface area contributed by atoms with E-state index in [2.05, 4.69) is 14.7 Å². The number of fused-ring (bicyclic) bond motifs is 1. The van der Waals surface area contributed by atoms with Crippen molar-refractivity contribution in [3.63, 3.8) is 0 Å². The fourth-order valence-corrected chi connectivity index (χ4v) is 2.64. The smallest absolute Gasteiger partial charge is 0.445 e. The number of alkyl halides is 3. The van der Waals surface area contributed by atoms with Crippen LogP contribution in [-0.4, -0.2) is 41.5 Å². The number of hydrogen-bond donors (Lipinski definition) is 0. The van der Waals surface area contributed by atoms with Gasteiger partial charge in [0.25, 0.3) is 0 Å². The lowest BCUT2D eigenvalue weighted by atomic mass is 10.0. The van der Waals surface area contributed by atoms with Gasteiger partial charge in [0.1, 0.15) is 11.7 Å². The zero-order chi connectivity index (χ0) is 19.1. The third kappa shape index (κ3) is 2.81. The maximum atomic E-state index is 13.9. The molecule has 0 aliphatic carbocycles. The molecule has 0 spiro atoms. The van der Waals surface area contributed by atoms with Crippen LogP contribution in [0.3, 0.4) is 0 Å². The molecule has 3 rings (SSSR count). The topological polar surface area (TPSA) is 54.3 Å². The Kier molecular flexibility index (Phi) is 4.21. The summed E-state index contributed by atoms with van der Waals surface area (Å²) in [5, 5.41) is 0. The first kappa shape index (κ1) is 17.9. The van der Waals surface area contributed by atoms with Crippen molar-refractivity contribution < 1.29 is 22.7 Å². The zero-order valence-electron chi connectivity index (χ0n) is 14.3. The third-order valence-electron chi connectivity index (χ3n) is 4.04. The number of benzene rings is 1. The second-order valence-corrected chi connectivity index (χ2v) is 6.01. The van der Waals surface area contributed by atoms with Crippen molar-refractivity contribution in [3.05, 3.63) is 59.3 Å². The molecule has 0 radical (unpaired) electrons. The molecule has 1 aromatic carbocycles. The van der Waals surface area contributed by atoms with E-state index in [0.29, 0.717) is 11.1 Å². The van der Waals surface area contributed by atoms with E-state index < -0.39 is 17.8 Å². The van der Waals surface area contributed by atoms with Crippen LogP contribution >= 0.6 is 0 Å². The van der Waals surface area contributed by atoms with Gasteiger partial charge in [0.15, 0.2) is 0 Å². The molecule has 0 saturated carbocycles. The summed E-state index contributed by atoms with van der Waals surface area (Å²) in [6.07, 6.45) is -0.295. The lowest BCUT2D eigenvalue weighted by Gasteiger charge is -2.36. The molecular formula is C18H16F3N3O2. The minimum atomic E-state index is -5.06. The maximum absolute atomic E-state index is 13.9. The second-order valence-electron chi connectivity index (χ2n) is 6.01. The number of amidine groups is 2. The lowest BCUT2D eigenvalue weighted by molar-refractivity contribution is -0.202. The molecule has 0 amide bonds. The molecule has 0 fully saturated rings. The molecule has 2 heterocycles. The minimum absolute atomic E-state index is 0.0294. The van der Waals surface area contributed by atoms with E-state index in [0.717, 1.165) is 12.7 Å². The van der Waals surface area contributed by atoms with Crippen LogP contribution in [0.25, 0.3) is 0 Å². The fraction of sp³-hybridized carbons (Fsp3) is 0.278. The summed E-state index contributed by atoms with van der Waals surface area (Å²) in [6, 6.07) is 6.81. The van der Waals surface area contributed by atoms with Gasteiger partial charge in [-0.25, -0.2) is 14.8 Å². The number of rotatable bonds is 2. The molecule has 136 valence electrons. The molecule has 0 N–H and O–H groups in total. The number of halogens is 3. The van der Waals surface area contributed by atoms with Gasteiger partial charge in [0.05, 0.1) is 7.11 Å². The van der Waals surface area contributed by atoms with Crippen molar-refractivity contribution in [2.45, 2.75) is 25.7 Å². The monoisotopic (exact) mass is 363 g/mol. The summed E-state index contributed by atoms with van der Waals surface area (Å²) < 4.78 is 46.0. The van der Waals surface area contributed by atoms with Gasteiger partial charge in [-0.15, -0.1) is 0 Å². The highest BCUT2D eigenvalue weighted by Crippen LogP contribution is 2.40. The number of ether oxygens (including phenoxy) is 1. The first-order valence-electron chi connectivity index (χ1n) is 7.75. The molecule has 8 heteroatoms. The summed E-state index contributed by atoms with van der Waals surface area (Å²) in [6.45, 7) is 3.59. The Morgan fingerprint density at radius 2 is 1.81 bits per heavy atom. The fourth-order valence-electron chi connectivity index (χ4n) is 2.64. The molecule has 2 aliphatic rings. The number of carbonyl (C=O) groups is 1. The number of methoxy groups -OCH3 is 1. The van der Waals surface area contributed by atoms with Crippen LogP contribution < -0.4 is 0 Å². The van der Waals surface area contributed by atoms with Crippen LogP contribution in [0.2, 0.25) is 0 Å². The van der Waals surface area contributed by atoms with Gasteiger partial charge in [-0.2, -0.15) is 13.2 Å². The Balaban J connectivity index is 2.27. The van der Waals surface area contributed by atoms with E-state index in [9.17, 15) is 18.0 Å². The van der Waals surface area contributed by atoms with Gasteiger partial charge in [-0.3, -0.25) is 4.90 Å². The molecule has 1 atom stereocenters. The average Bonchev–Trinajstić information content (AvgIpc) is 2.59. The van der Waals surface area contributed by atoms with E-state index in [1.807, 2.05) is 6.92 Å². The van der Waals surface area contributed by atoms with Crippen LogP contribution in [0.5, 0.6) is 0 Å². The van der Waals surface area contributed by atoms with Crippen molar-refractivity contribution in [2.24, 2.45) is 9.98 Å². The highest BCUT2D eigenvalue weighted by molar-refractivity contribution is 6.17. The molecule has 26 heavy (non-hydrogen) atoms. The third-order valence-corrected chi connectivity index (χ3v) is 4.04. The molecule has 0 saturated heterocycles. The Morgan fingerprint density at radius 3 is 2.38 bits per heavy atom. The number of carbonyl (C=O) groups excluding carboxylic acids is 1.